The van der Waals surface area contributed by atoms with Gasteiger partial charge in [0.25, 0.3) is 0 Å². The number of nitrogens with one attached hydrogen (secondary N) is 2. The Morgan fingerprint density at radius 1 is 0.306 bits per heavy atom. The third-order valence-electron chi connectivity index (χ3n) is 13.5. The molecule has 1 unspecified atom stereocenters. The highest BCUT2D eigenvalue weighted by Crippen LogP contribution is 2.21. The van der Waals surface area contributed by atoms with Crippen molar-refractivity contribution in [3.05, 3.63) is 0 Å². The highest BCUT2D eigenvalue weighted by atomic mass is 16.4. The van der Waals surface area contributed by atoms with Crippen LogP contribution in [0.5, 0.6) is 0 Å². The molecule has 0 rings (SSSR count). The summed E-state index contributed by atoms with van der Waals surface area (Å²) >= 11 is 0. The van der Waals surface area contributed by atoms with Crippen molar-refractivity contribution < 1.29 is 19.5 Å². The van der Waals surface area contributed by atoms with Crippen LogP contribution in [0.25, 0.3) is 0 Å². The molecule has 0 aliphatic rings. The van der Waals surface area contributed by atoms with Crippen LogP contribution in [0, 0.1) is 5.92 Å². The van der Waals surface area contributed by atoms with Crippen molar-refractivity contribution in [2.45, 2.75) is 322 Å². The van der Waals surface area contributed by atoms with Gasteiger partial charge in [0, 0.05) is 25.9 Å². The summed E-state index contributed by atoms with van der Waals surface area (Å²) in [5.41, 5.74) is 0. The van der Waals surface area contributed by atoms with Crippen molar-refractivity contribution in [3.63, 3.8) is 0 Å². The van der Waals surface area contributed by atoms with E-state index in [0.717, 1.165) is 51.4 Å². The van der Waals surface area contributed by atoms with Crippen LogP contribution in [0.15, 0.2) is 0 Å². The second-order valence-electron chi connectivity index (χ2n) is 19.7. The molecule has 6 heteroatoms. The van der Waals surface area contributed by atoms with Crippen LogP contribution in [0.3, 0.4) is 0 Å². The Kier molecular flexibility index (Phi) is 50.7. The zero-order valence-corrected chi connectivity index (χ0v) is 42.1. The van der Waals surface area contributed by atoms with E-state index >= 15 is 0 Å². The zero-order valence-electron chi connectivity index (χ0n) is 42.1. The van der Waals surface area contributed by atoms with Gasteiger partial charge in [-0.15, -0.1) is 0 Å². The van der Waals surface area contributed by atoms with Gasteiger partial charge in [0.05, 0.1) is 5.92 Å². The smallest absolute Gasteiger partial charge is 0.306 e. The summed E-state index contributed by atoms with van der Waals surface area (Å²) in [7, 11) is 0. The van der Waals surface area contributed by atoms with E-state index < -0.39 is 5.97 Å². The van der Waals surface area contributed by atoms with Gasteiger partial charge in [0.1, 0.15) is 0 Å². The maximum absolute atomic E-state index is 12.2. The van der Waals surface area contributed by atoms with E-state index in [1.54, 1.807) is 0 Å². The van der Waals surface area contributed by atoms with Gasteiger partial charge in [-0.2, -0.15) is 0 Å². The minimum absolute atomic E-state index is 0.110. The van der Waals surface area contributed by atoms with Crippen LogP contribution in [0.4, 0.5) is 0 Å². The zero-order chi connectivity index (χ0) is 45.1. The summed E-state index contributed by atoms with van der Waals surface area (Å²) < 4.78 is 0. The van der Waals surface area contributed by atoms with Crippen molar-refractivity contribution in [1.82, 2.24) is 10.6 Å². The van der Waals surface area contributed by atoms with Crippen molar-refractivity contribution in [1.29, 1.82) is 0 Å². The number of carbonyl (C=O) groups is 3. The van der Waals surface area contributed by atoms with Crippen LogP contribution in [0.2, 0.25) is 0 Å². The quantitative estimate of drug-likeness (QED) is 0.0531. The summed E-state index contributed by atoms with van der Waals surface area (Å²) in [5, 5.41) is 15.6. The Morgan fingerprint density at radius 2 is 0.500 bits per heavy atom. The molecule has 368 valence electrons. The van der Waals surface area contributed by atoms with E-state index in [4.69, 9.17) is 0 Å². The molecule has 0 fully saturated rings. The normalized spacial score (nSPS) is 11.9. The lowest BCUT2D eigenvalue weighted by Gasteiger charge is -2.12. The van der Waals surface area contributed by atoms with Gasteiger partial charge >= 0.3 is 5.97 Å². The first-order chi connectivity index (χ1) is 30.5. The Hall–Kier alpha value is -1.59. The van der Waals surface area contributed by atoms with Crippen LogP contribution < -0.4 is 10.6 Å². The molecule has 2 amide bonds. The fraction of sp³-hybridized carbons (Fsp3) is 0.946. The third kappa shape index (κ3) is 49.4. The Morgan fingerprint density at radius 3 is 0.710 bits per heavy atom. The lowest BCUT2D eigenvalue weighted by Crippen LogP contribution is -2.34. The molecule has 0 aromatic carbocycles. The molecule has 0 saturated heterocycles. The third-order valence-corrected chi connectivity index (χ3v) is 13.5. The first kappa shape index (κ1) is 60.4. The summed E-state index contributed by atoms with van der Waals surface area (Å²) in [6.45, 7) is 5.62. The van der Waals surface area contributed by atoms with Crippen molar-refractivity contribution in [2.75, 3.05) is 13.1 Å². The molecular weight excluding hydrogens is 765 g/mol. The number of amides is 2. The molecular formula is C56H110N2O4. The van der Waals surface area contributed by atoms with Gasteiger partial charge in [0.2, 0.25) is 11.8 Å². The number of hydrogen-bond acceptors (Lipinski definition) is 3. The molecule has 0 aliphatic carbocycles. The van der Waals surface area contributed by atoms with Crippen molar-refractivity contribution in [3.8, 4) is 0 Å². The minimum atomic E-state index is -0.574. The Bertz CT molecular complexity index is 926. The molecule has 0 aliphatic heterocycles. The highest BCUT2D eigenvalue weighted by molar-refractivity contribution is 5.77. The number of carboxylic acid groups (broad SMARTS) is 1. The number of unbranched alkanes of at least 4 members (excludes halogenated alkanes) is 41. The first-order valence-corrected chi connectivity index (χ1v) is 28.3. The molecule has 0 aromatic heterocycles. The van der Waals surface area contributed by atoms with E-state index in [2.05, 4.69) is 24.5 Å². The molecule has 0 spiro atoms. The number of hydrogen-bond donors (Lipinski definition) is 3. The Balaban J connectivity index is 3.39. The largest absolute Gasteiger partial charge is 0.481 e. The number of carbonyl (C=O) groups excluding carboxylic acids is 2. The minimum Gasteiger partial charge on any atom is -0.481 e. The number of carboxylic acids is 1. The van der Waals surface area contributed by atoms with Crippen molar-refractivity contribution >= 4 is 17.8 Å². The molecule has 3 N–H and O–H groups in total. The maximum atomic E-state index is 12.2. The molecule has 0 bridgehead atoms. The lowest BCUT2D eigenvalue weighted by atomic mass is 9.94. The molecule has 6 nitrogen and oxygen atoms in total. The summed E-state index contributed by atoms with van der Waals surface area (Å²) in [6, 6.07) is 0. The standard InChI is InChI=1S/C56H110N2O4/c1-3-5-7-9-11-13-15-17-20-25-29-33-37-41-45-49-54(59)57-51-52-58-55(60)50-46-42-38-34-30-26-22-19-21-24-28-32-36-40-44-48-53(56(61)62)47-43-39-35-31-27-23-18-16-14-12-10-8-6-4-2/h53H,3-52H2,1-2H3,(H,57,59)(H,58,60)(H,61,62). The highest BCUT2D eigenvalue weighted by Gasteiger charge is 2.16. The van der Waals surface area contributed by atoms with E-state index in [0.29, 0.717) is 25.9 Å². The summed E-state index contributed by atoms with van der Waals surface area (Å²) in [4.78, 5) is 36.1. The molecule has 0 heterocycles. The van der Waals surface area contributed by atoms with Gasteiger partial charge < -0.3 is 15.7 Å². The number of rotatable bonds is 53. The summed E-state index contributed by atoms with van der Waals surface area (Å²) in [6.07, 6.45) is 60.5. The van der Waals surface area contributed by atoms with Crippen LogP contribution in [0.1, 0.15) is 322 Å². The average molecular weight is 876 g/mol. The van der Waals surface area contributed by atoms with Gasteiger partial charge in [-0.05, 0) is 25.7 Å². The van der Waals surface area contributed by atoms with Crippen LogP contribution in [-0.4, -0.2) is 36.0 Å². The topological polar surface area (TPSA) is 95.5 Å². The SMILES string of the molecule is CCCCCCCCCCCCCCCCCC(=O)NCCNC(=O)CCCCCCCCCCCCCCCCCC(CCCCCCCCCCCCCCCC)C(=O)O. The lowest BCUT2D eigenvalue weighted by molar-refractivity contribution is -0.142. The predicted octanol–water partition coefficient (Wildman–Crippen LogP) is 17.7. The summed E-state index contributed by atoms with van der Waals surface area (Å²) in [5.74, 6) is -0.478. The predicted molar refractivity (Wildman–Crippen MR) is 270 cm³/mol. The van der Waals surface area contributed by atoms with Gasteiger partial charge in [-0.1, -0.05) is 284 Å². The van der Waals surface area contributed by atoms with Gasteiger partial charge in [-0.3, -0.25) is 14.4 Å². The van der Waals surface area contributed by atoms with Gasteiger partial charge in [0.15, 0.2) is 0 Å². The first-order valence-electron chi connectivity index (χ1n) is 28.3. The van der Waals surface area contributed by atoms with Crippen LogP contribution >= 0.6 is 0 Å². The molecule has 0 radical (unpaired) electrons. The second kappa shape index (κ2) is 52.0. The molecule has 62 heavy (non-hydrogen) atoms. The van der Waals surface area contributed by atoms with Gasteiger partial charge in [-0.25, -0.2) is 0 Å². The fourth-order valence-corrected chi connectivity index (χ4v) is 9.19. The fourth-order valence-electron chi connectivity index (χ4n) is 9.19. The van der Waals surface area contributed by atoms with E-state index in [1.807, 2.05) is 0 Å². The average Bonchev–Trinajstić information content (AvgIpc) is 3.26. The van der Waals surface area contributed by atoms with E-state index in [-0.39, 0.29) is 17.7 Å². The van der Waals surface area contributed by atoms with Crippen molar-refractivity contribution in [2.24, 2.45) is 5.92 Å². The molecule has 0 aromatic rings. The van der Waals surface area contributed by atoms with E-state index in [1.165, 1.54) is 244 Å². The monoisotopic (exact) mass is 875 g/mol. The molecule has 1 atom stereocenters. The van der Waals surface area contributed by atoms with Crippen LogP contribution in [-0.2, 0) is 14.4 Å². The second-order valence-corrected chi connectivity index (χ2v) is 19.7. The molecule has 0 saturated carbocycles. The Labute approximate surface area is 387 Å². The number of aliphatic carboxylic acids is 1. The maximum Gasteiger partial charge on any atom is 0.306 e. The van der Waals surface area contributed by atoms with E-state index in [9.17, 15) is 19.5 Å².